The topological polar surface area (TPSA) is 67.9 Å². The Morgan fingerprint density at radius 2 is 1.81 bits per heavy atom. The standard InChI is InChI=1S/C25H23FN2O4/c1-31-18-10-12-23(32-2)21(15-18)27-24(29)17-9-11-22-16(14-17)6-5-13-28(22)25(30)19-7-3-4-8-20(19)26/h3-4,7-12,14-15H,5-6,13H2,1-2H3,(H,27,29). The number of fused-ring (bicyclic) bond motifs is 1. The van der Waals surface area contributed by atoms with Gasteiger partial charge < -0.3 is 19.7 Å². The zero-order valence-corrected chi connectivity index (χ0v) is 17.9. The van der Waals surface area contributed by atoms with Gasteiger partial charge in [0, 0.05) is 23.9 Å². The highest BCUT2D eigenvalue weighted by Crippen LogP contribution is 2.32. The van der Waals surface area contributed by atoms with Crippen LogP contribution in [0.2, 0.25) is 0 Å². The van der Waals surface area contributed by atoms with Crippen LogP contribution in [0.4, 0.5) is 15.8 Å². The van der Waals surface area contributed by atoms with E-state index in [1.807, 2.05) is 0 Å². The monoisotopic (exact) mass is 434 g/mol. The van der Waals surface area contributed by atoms with Crippen molar-refractivity contribution in [1.82, 2.24) is 0 Å². The van der Waals surface area contributed by atoms with Crippen molar-refractivity contribution in [3.05, 3.63) is 83.2 Å². The van der Waals surface area contributed by atoms with Crippen molar-refractivity contribution in [3.8, 4) is 11.5 Å². The van der Waals surface area contributed by atoms with Gasteiger partial charge in [-0.25, -0.2) is 4.39 Å². The summed E-state index contributed by atoms with van der Waals surface area (Å²) in [6.45, 7) is 0.493. The number of ether oxygens (including phenoxy) is 2. The fraction of sp³-hybridized carbons (Fsp3) is 0.200. The highest BCUT2D eigenvalue weighted by atomic mass is 19.1. The van der Waals surface area contributed by atoms with Gasteiger partial charge in [0.25, 0.3) is 11.8 Å². The Balaban J connectivity index is 1.60. The van der Waals surface area contributed by atoms with E-state index in [0.29, 0.717) is 35.0 Å². The molecule has 0 aromatic heterocycles. The zero-order valence-electron chi connectivity index (χ0n) is 17.9. The van der Waals surface area contributed by atoms with Gasteiger partial charge in [0.05, 0.1) is 25.5 Å². The van der Waals surface area contributed by atoms with Crippen molar-refractivity contribution in [3.63, 3.8) is 0 Å². The molecule has 6 nitrogen and oxygen atoms in total. The van der Waals surface area contributed by atoms with E-state index in [1.54, 1.807) is 60.5 Å². The minimum atomic E-state index is -0.548. The molecular weight excluding hydrogens is 411 g/mol. The summed E-state index contributed by atoms with van der Waals surface area (Å²) < 4.78 is 24.7. The Morgan fingerprint density at radius 1 is 1.00 bits per heavy atom. The number of carbonyl (C=O) groups excluding carboxylic acids is 2. The Morgan fingerprint density at radius 3 is 2.56 bits per heavy atom. The summed E-state index contributed by atoms with van der Waals surface area (Å²) in [7, 11) is 3.07. The second-order valence-electron chi connectivity index (χ2n) is 7.40. The lowest BCUT2D eigenvalue weighted by Crippen LogP contribution is -2.36. The van der Waals surface area contributed by atoms with E-state index in [4.69, 9.17) is 9.47 Å². The number of aryl methyl sites for hydroxylation is 1. The molecule has 3 aromatic carbocycles. The smallest absolute Gasteiger partial charge is 0.261 e. The van der Waals surface area contributed by atoms with Crippen LogP contribution in [-0.4, -0.2) is 32.6 Å². The van der Waals surface area contributed by atoms with E-state index >= 15 is 0 Å². The Hall–Kier alpha value is -3.87. The fourth-order valence-electron chi connectivity index (χ4n) is 3.84. The van der Waals surface area contributed by atoms with E-state index in [2.05, 4.69) is 5.32 Å². The third kappa shape index (κ3) is 4.14. The Bertz CT molecular complexity index is 1180. The maximum atomic E-state index is 14.1. The summed E-state index contributed by atoms with van der Waals surface area (Å²) in [5, 5.41) is 2.85. The molecule has 1 N–H and O–H groups in total. The van der Waals surface area contributed by atoms with Crippen LogP contribution >= 0.6 is 0 Å². The van der Waals surface area contributed by atoms with Crippen LogP contribution in [-0.2, 0) is 6.42 Å². The number of anilines is 2. The number of nitrogens with zero attached hydrogens (tertiary/aromatic N) is 1. The molecule has 0 unspecified atom stereocenters. The summed E-state index contributed by atoms with van der Waals surface area (Å²) in [4.78, 5) is 27.4. The molecule has 0 fully saturated rings. The van der Waals surface area contributed by atoms with E-state index < -0.39 is 5.82 Å². The normalized spacial score (nSPS) is 12.7. The largest absolute Gasteiger partial charge is 0.497 e. The molecule has 164 valence electrons. The number of nitrogens with one attached hydrogen (secondary N) is 1. The molecule has 7 heteroatoms. The highest BCUT2D eigenvalue weighted by Gasteiger charge is 2.26. The predicted octanol–water partition coefficient (Wildman–Crippen LogP) is 4.69. The SMILES string of the molecule is COc1ccc(OC)c(NC(=O)c2ccc3c(c2)CCCN3C(=O)c2ccccc2F)c1. The highest BCUT2D eigenvalue weighted by molar-refractivity contribution is 6.08. The number of benzene rings is 3. The van der Waals surface area contributed by atoms with Crippen LogP contribution in [0.25, 0.3) is 0 Å². The van der Waals surface area contributed by atoms with Crippen LogP contribution in [0.15, 0.2) is 60.7 Å². The van der Waals surface area contributed by atoms with Crippen LogP contribution in [0.1, 0.15) is 32.7 Å². The van der Waals surface area contributed by atoms with Gasteiger partial charge in [0.1, 0.15) is 17.3 Å². The molecule has 0 saturated carbocycles. The van der Waals surface area contributed by atoms with Crippen molar-refractivity contribution < 1.29 is 23.5 Å². The molecule has 2 amide bonds. The first-order chi connectivity index (χ1) is 15.5. The summed E-state index contributed by atoms with van der Waals surface area (Å²) in [6, 6.07) is 16.3. The third-order valence-electron chi connectivity index (χ3n) is 5.46. The predicted molar refractivity (Wildman–Crippen MR) is 120 cm³/mol. The lowest BCUT2D eigenvalue weighted by atomic mass is 9.98. The summed E-state index contributed by atoms with van der Waals surface area (Å²) in [5.74, 6) is -0.139. The maximum Gasteiger partial charge on any atom is 0.261 e. The van der Waals surface area contributed by atoms with Crippen LogP contribution in [0, 0.1) is 5.82 Å². The van der Waals surface area contributed by atoms with Crippen molar-refractivity contribution in [2.24, 2.45) is 0 Å². The molecule has 3 aromatic rings. The average Bonchev–Trinajstić information content (AvgIpc) is 2.83. The second kappa shape index (κ2) is 9.09. The van der Waals surface area contributed by atoms with Crippen LogP contribution in [0.5, 0.6) is 11.5 Å². The number of halogens is 1. The molecule has 0 bridgehead atoms. The van der Waals surface area contributed by atoms with Gasteiger partial charge in [-0.2, -0.15) is 0 Å². The summed E-state index contributed by atoms with van der Waals surface area (Å²) in [6.07, 6.45) is 1.45. The van der Waals surface area contributed by atoms with Gasteiger partial charge >= 0.3 is 0 Å². The number of methoxy groups -OCH3 is 2. The molecule has 0 atom stereocenters. The quantitative estimate of drug-likeness (QED) is 0.633. The van der Waals surface area contributed by atoms with Crippen molar-refractivity contribution in [2.75, 3.05) is 31.0 Å². The number of hydrogen-bond donors (Lipinski definition) is 1. The molecule has 1 aliphatic heterocycles. The van der Waals surface area contributed by atoms with Gasteiger partial charge in [-0.1, -0.05) is 12.1 Å². The maximum absolute atomic E-state index is 14.1. The van der Waals surface area contributed by atoms with Crippen molar-refractivity contribution in [2.45, 2.75) is 12.8 Å². The van der Waals surface area contributed by atoms with E-state index in [9.17, 15) is 14.0 Å². The van der Waals surface area contributed by atoms with E-state index in [0.717, 1.165) is 18.4 Å². The second-order valence-corrected chi connectivity index (χ2v) is 7.40. The fourth-order valence-corrected chi connectivity index (χ4v) is 3.84. The first-order valence-electron chi connectivity index (χ1n) is 10.2. The molecule has 0 spiro atoms. The van der Waals surface area contributed by atoms with Gasteiger partial charge in [-0.05, 0) is 60.9 Å². The molecule has 0 radical (unpaired) electrons. The number of amides is 2. The number of carbonyl (C=O) groups is 2. The Labute approximate surface area is 185 Å². The Kier molecular flexibility index (Phi) is 6.07. The minimum absolute atomic E-state index is 0.0345. The molecule has 1 heterocycles. The van der Waals surface area contributed by atoms with Gasteiger partial charge in [0.15, 0.2) is 0 Å². The number of rotatable bonds is 5. The molecule has 0 aliphatic carbocycles. The lowest BCUT2D eigenvalue weighted by molar-refractivity contribution is 0.0980. The molecule has 1 aliphatic rings. The minimum Gasteiger partial charge on any atom is -0.497 e. The van der Waals surface area contributed by atoms with E-state index in [-0.39, 0.29) is 17.4 Å². The molecule has 32 heavy (non-hydrogen) atoms. The van der Waals surface area contributed by atoms with Gasteiger partial charge in [-0.15, -0.1) is 0 Å². The third-order valence-corrected chi connectivity index (χ3v) is 5.46. The van der Waals surface area contributed by atoms with E-state index in [1.165, 1.54) is 19.2 Å². The summed E-state index contributed by atoms with van der Waals surface area (Å²) >= 11 is 0. The molecule has 0 saturated heterocycles. The van der Waals surface area contributed by atoms with Crippen molar-refractivity contribution in [1.29, 1.82) is 0 Å². The van der Waals surface area contributed by atoms with Crippen LogP contribution < -0.4 is 19.7 Å². The zero-order chi connectivity index (χ0) is 22.7. The van der Waals surface area contributed by atoms with Crippen LogP contribution in [0.3, 0.4) is 0 Å². The number of hydrogen-bond acceptors (Lipinski definition) is 4. The summed E-state index contributed by atoms with van der Waals surface area (Å²) in [5.41, 5.74) is 2.54. The first kappa shape index (κ1) is 21.4. The van der Waals surface area contributed by atoms with Gasteiger partial charge in [0.2, 0.25) is 0 Å². The molecule has 4 rings (SSSR count). The molecular formula is C25H23FN2O4. The first-order valence-corrected chi connectivity index (χ1v) is 10.2. The van der Waals surface area contributed by atoms with Crippen molar-refractivity contribution >= 4 is 23.2 Å². The average molecular weight is 434 g/mol. The van der Waals surface area contributed by atoms with Gasteiger partial charge in [-0.3, -0.25) is 9.59 Å². The lowest BCUT2D eigenvalue weighted by Gasteiger charge is -2.30.